The van der Waals surface area contributed by atoms with Crippen LogP contribution in [0.15, 0.2) is 40.4 Å². The van der Waals surface area contributed by atoms with E-state index < -0.39 is 0 Å². The minimum Gasteiger partial charge on any atom is -0.507 e. The Balaban J connectivity index is 1.93. The molecule has 0 spiro atoms. The van der Waals surface area contributed by atoms with Crippen LogP contribution in [0.1, 0.15) is 43.2 Å². The standard InChI is InChI=1S/C18H21BNOP/c1-10-6-7-13(15(21)8-10)17(20)18(22)16-12-5-3-2-4-11(12)9-14(16)19/h6-8,18,20-21H,2-5,9,22H2,1H3. The first kappa shape index (κ1) is 15.6. The molecule has 2 unspecified atom stereocenters. The van der Waals surface area contributed by atoms with E-state index in [0.717, 1.165) is 35.9 Å². The summed E-state index contributed by atoms with van der Waals surface area (Å²) in [6.45, 7) is 1.93. The summed E-state index contributed by atoms with van der Waals surface area (Å²) in [4.78, 5) is 0. The van der Waals surface area contributed by atoms with Gasteiger partial charge in [-0.1, -0.05) is 11.6 Å². The van der Waals surface area contributed by atoms with E-state index in [1.165, 1.54) is 24.0 Å². The van der Waals surface area contributed by atoms with Gasteiger partial charge in [0.15, 0.2) is 0 Å². The van der Waals surface area contributed by atoms with Gasteiger partial charge in [-0.05, 0) is 67.9 Å². The van der Waals surface area contributed by atoms with Gasteiger partial charge in [0.1, 0.15) is 13.6 Å². The average Bonchev–Trinajstić information content (AvgIpc) is 2.81. The van der Waals surface area contributed by atoms with Crippen molar-refractivity contribution < 1.29 is 5.11 Å². The normalized spacial score (nSPS) is 19.4. The lowest BCUT2D eigenvalue weighted by Crippen LogP contribution is -2.19. The Morgan fingerprint density at radius 2 is 2.05 bits per heavy atom. The predicted octanol–water partition coefficient (Wildman–Crippen LogP) is 4.01. The van der Waals surface area contributed by atoms with Gasteiger partial charge in [-0.15, -0.1) is 14.7 Å². The molecule has 0 amide bonds. The van der Waals surface area contributed by atoms with E-state index in [-0.39, 0.29) is 11.4 Å². The maximum absolute atomic E-state index is 10.1. The van der Waals surface area contributed by atoms with Crippen molar-refractivity contribution >= 4 is 22.8 Å². The first-order chi connectivity index (χ1) is 10.5. The third-order valence-corrected chi connectivity index (χ3v) is 5.39. The minimum atomic E-state index is -0.154. The third-order valence-electron chi connectivity index (χ3n) is 4.72. The summed E-state index contributed by atoms with van der Waals surface area (Å²) in [5, 5.41) is 18.7. The molecule has 0 aromatic heterocycles. The molecule has 4 heteroatoms. The number of hydrogen-bond donors (Lipinski definition) is 2. The molecule has 2 aliphatic rings. The van der Waals surface area contributed by atoms with Crippen LogP contribution in [0.2, 0.25) is 0 Å². The number of benzene rings is 1. The van der Waals surface area contributed by atoms with Gasteiger partial charge in [0.25, 0.3) is 0 Å². The van der Waals surface area contributed by atoms with Crippen molar-refractivity contribution in [3.8, 4) is 5.75 Å². The molecule has 2 aliphatic carbocycles. The highest BCUT2D eigenvalue weighted by molar-refractivity contribution is 7.20. The molecule has 0 saturated carbocycles. The van der Waals surface area contributed by atoms with Crippen molar-refractivity contribution in [2.45, 2.75) is 44.7 Å². The molecule has 3 rings (SSSR count). The summed E-state index contributed by atoms with van der Waals surface area (Å²) in [7, 11) is 9.04. The molecule has 0 fully saturated rings. The summed E-state index contributed by atoms with van der Waals surface area (Å²) in [6, 6.07) is 5.46. The van der Waals surface area contributed by atoms with E-state index in [1.807, 2.05) is 19.1 Å². The van der Waals surface area contributed by atoms with Crippen LogP contribution in [0.4, 0.5) is 0 Å². The van der Waals surface area contributed by atoms with Crippen LogP contribution in [0.5, 0.6) is 5.75 Å². The van der Waals surface area contributed by atoms with Crippen LogP contribution >= 0.6 is 9.24 Å². The second-order valence-electron chi connectivity index (χ2n) is 6.32. The Kier molecular flexibility index (Phi) is 4.27. The second-order valence-corrected chi connectivity index (χ2v) is 6.98. The predicted molar refractivity (Wildman–Crippen MR) is 96.1 cm³/mol. The zero-order valence-corrected chi connectivity index (χ0v) is 14.1. The quantitative estimate of drug-likeness (QED) is 0.494. The monoisotopic (exact) mass is 309 g/mol. The van der Waals surface area contributed by atoms with Gasteiger partial charge in [0.05, 0.1) is 5.71 Å². The zero-order chi connectivity index (χ0) is 15.9. The van der Waals surface area contributed by atoms with Crippen LogP contribution in [0.3, 0.4) is 0 Å². The van der Waals surface area contributed by atoms with E-state index in [1.54, 1.807) is 6.07 Å². The Morgan fingerprint density at radius 3 is 2.77 bits per heavy atom. The van der Waals surface area contributed by atoms with Gasteiger partial charge in [-0.3, -0.25) is 0 Å². The number of allylic oxidation sites excluding steroid dienone is 4. The number of aromatic hydroxyl groups is 1. The number of rotatable bonds is 3. The first-order valence-electron chi connectivity index (χ1n) is 7.83. The molecular formula is C18H21BNOP. The zero-order valence-electron chi connectivity index (χ0n) is 12.9. The maximum Gasteiger partial charge on any atom is 0.124 e. The number of phenols is 1. The van der Waals surface area contributed by atoms with Crippen LogP contribution in [-0.2, 0) is 0 Å². The van der Waals surface area contributed by atoms with Gasteiger partial charge < -0.3 is 10.5 Å². The van der Waals surface area contributed by atoms with Gasteiger partial charge in [0, 0.05) is 11.2 Å². The van der Waals surface area contributed by atoms with Gasteiger partial charge in [-0.2, -0.15) is 0 Å². The van der Waals surface area contributed by atoms with Crippen molar-refractivity contribution in [1.82, 2.24) is 0 Å². The smallest absolute Gasteiger partial charge is 0.124 e. The number of aryl methyl sites for hydroxylation is 1. The van der Waals surface area contributed by atoms with Crippen molar-refractivity contribution in [3.63, 3.8) is 0 Å². The summed E-state index contributed by atoms with van der Waals surface area (Å²) in [5.41, 5.74) is 6.71. The molecule has 0 saturated heterocycles. The van der Waals surface area contributed by atoms with E-state index in [0.29, 0.717) is 11.3 Å². The van der Waals surface area contributed by atoms with Crippen molar-refractivity contribution in [3.05, 3.63) is 51.5 Å². The van der Waals surface area contributed by atoms with Crippen LogP contribution in [0, 0.1) is 12.3 Å². The molecule has 0 aliphatic heterocycles. The van der Waals surface area contributed by atoms with E-state index in [9.17, 15) is 5.11 Å². The largest absolute Gasteiger partial charge is 0.507 e. The molecule has 22 heavy (non-hydrogen) atoms. The molecule has 1 aromatic carbocycles. The highest BCUT2D eigenvalue weighted by atomic mass is 31.0. The van der Waals surface area contributed by atoms with Gasteiger partial charge in [0.2, 0.25) is 0 Å². The fraction of sp³-hybridized carbons (Fsp3) is 0.389. The Labute approximate surface area is 135 Å². The molecule has 2 nitrogen and oxygen atoms in total. The topological polar surface area (TPSA) is 44.1 Å². The lowest BCUT2D eigenvalue weighted by molar-refractivity contribution is 0.473. The van der Waals surface area contributed by atoms with E-state index in [4.69, 9.17) is 13.3 Å². The van der Waals surface area contributed by atoms with E-state index in [2.05, 4.69) is 9.24 Å². The van der Waals surface area contributed by atoms with Gasteiger partial charge >= 0.3 is 0 Å². The second kappa shape index (κ2) is 6.04. The summed E-state index contributed by atoms with van der Waals surface area (Å²) >= 11 is 0. The summed E-state index contributed by atoms with van der Waals surface area (Å²) in [6.07, 6.45) is 5.53. The molecule has 112 valence electrons. The molecule has 0 bridgehead atoms. The van der Waals surface area contributed by atoms with E-state index >= 15 is 0 Å². The molecule has 2 atom stereocenters. The number of hydrogen-bond acceptors (Lipinski definition) is 2. The molecule has 0 heterocycles. The molecular weight excluding hydrogens is 288 g/mol. The highest BCUT2D eigenvalue weighted by Crippen LogP contribution is 2.43. The SMILES string of the molecule is [B]C1=C(C(P)C(=N)c2ccc(C)cc2O)C2=C(CCCC2)C1. The Hall–Kier alpha value is -1.34. The third kappa shape index (κ3) is 2.67. The average molecular weight is 309 g/mol. The summed E-state index contributed by atoms with van der Waals surface area (Å²) < 4.78 is 0. The molecule has 2 radical (unpaired) electrons. The first-order valence-corrected chi connectivity index (χ1v) is 8.49. The van der Waals surface area contributed by atoms with Crippen LogP contribution in [0.25, 0.3) is 0 Å². The number of nitrogens with one attached hydrogen (secondary N) is 1. The minimum absolute atomic E-state index is 0.154. The Bertz CT molecular complexity index is 705. The number of phenolic OH excluding ortho intramolecular Hbond substituents is 1. The molecule has 1 aromatic rings. The summed E-state index contributed by atoms with van der Waals surface area (Å²) in [5.74, 6) is 0.174. The van der Waals surface area contributed by atoms with Crippen molar-refractivity contribution in [2.24, 2.45) is 0 Å². The van der Waals surface area contributed by atoms with Crippen molar-refractivity contribution in [2.75, 3.05) is 0 Å². The van der Waals surface area contributed by atoms with Crippen LogP contribution < -0.4 is 0 Å². The lowest BCUT2D eigenvalue weighted by Gasteiger charge is -2.23. The Morgan fingerprint density at radius 1 is 1.32 bits per heavy atom. The maximum atomic E-state index is 10.1. The fourth-order valence-corrected chi connectivity index (χ4v) is 4.17. The molecule has 2 N–H and O–H groups in total. The highest BCUT2D eigenvalue weighted by Gasteiger charge is 2.29. The van der Waals surface area contributed by atoms with Crippen LogP contribution in [-0.4, -0.2) is 24.3 Å². The lowest BCUT2D eigenvalue weighted by atomic mass is 9.85. The fourth-order valence-electron chi connectivity index (χ4n) is 3.58. The van der Waals surface area contributed by atoms with Gasteiger partial charge in [-0.25, -0.2) is 0 Å². The van der Waals surface area contributed by atoms with Crippen molar-refractivity contribution in [1.29, 1.82) is 5.41 Å².